The van der Waals surface area contributed by atoms with Crippen LogP contribution in [0.3, 0.4) is 0 Å². The topological polar surface area (TPSA) is 57.8 Å². The standard InChI is InChI=1S/C14H16ClN3OS/c1-9-3-4-11(7-10(9)2)20-6-5-16-12-8-17-18-14(19)13(12)15/h3-4,7-8H,5-6H2,1-2H3,(H2,16,18,19). The Labute approximate surface area is 126 Å². The van der Waals surface area contributed by atoms with Crippen LogP contribution in [0.2, 0.25) is 5.02 Å². The number of thioether (sulfide) groups is 1. The highest BCUT2D eigenvalue weighted by Crippen LogP contribution is 2.21. The van der Waals surface area contributed by atoms with Crippen LogP contribution in [-0.2, 0) is 0 Å². The first-order valence-corrected chi connectivity index (χ1v) is 7.61. The molecule has 1 aromatic heterocycles. The predicted molar refractivity (Wildman–Crippen MR) is 85.0 cm³/mol. The van der Waals surface area contributed by atoms with Crippen molar-refractivity contribution in [2.24, 2.45) is 0 Å². The number of hydrogen-bond acceptors (Lipinski definition) is 4. The highest BCUT2D eigenvalue weighted by atomic mass is 35.5. The summed E-state index contributed by atoms with van der Waals surface area (Å²) in [5, 5.41) is 9.26. The van der Waals surface area contributed by atoms with Crippen LogP contribution in [0.5, 0.6) is 0 Å². The maximum absolute atomic E-state index is 11.3. The molecule has 106 valence electrons. The van der Waals surface area contributed by atoms with Gasteiger partial charge in [-0.3, -0.25) is 4.79 Å². The highest BCUT2D eigenvalue weighted by Gasteiger charge is 2.04. The van der Waals surface area contributed by atoms with E-state index in [1.54, 1.807) is 11.8 Å². The molecule has 0 aliphatic heterocycles. The van der Waals surface area contributed by atoms with Crippen LogP contribution in [-0.4, -0.2) is 22.5 Å². The normalized spacial score (nSPS) is 10.6. The third-order valence-electron chi connectivity index (χ3n) is 2.96. The zero-order chi connectivity index (χ0) is 14.5. The maximum Gasteiger partial charge on any atom is 0.285 e. The van der Waals surface area contributed by atoms with Crippen molar-refractivity contribution in [2.45, 2.75) is 18.7 Å². The van der Waals surface area contributed by atoms with Gasteiger partial charge in [0, 0.05) is 17.2 Å². The monoisotopic (exact) mass is 309 g/mol. The number of halogens is 1. The van der Waals surface area contributed by atoms with Gasteiger partial charge in [-0.05, 0) is 37.1 Å². The SMILES string of the molecule is Cc1ccc(SCCNc2cn[nH]c(=O)c2Cl)cc1C. The number of nitrogens with zero attached hydrogens (tertiary/aromatic N) is 1. The van der Waals surface area contributed by atoms with Crippen LogP contribution >= 0.6 is 23.4 Å². The summed E-state index contributed by atoms with van der Waals surface area (Å²) in [6.07, 6.45) is 1.52. The predicted octanol–water partition coefficient (Wildman–Crippen LogP) is 3.24. The molecule has 0 bridgehead atoms. The second kappa shape index (κ2) is 6.81. The minimum Gasteiger partial charge on any atom is -0.382 e. The van der Waals surface area contributed by atoms with Gasteiger partial charge in [-0.15, -0.1) is 11.8 Å². The Morgan fingerprint density at radius 3 is 2.90 bits per heavy atom. The van der Waals surface area contributed by atoms with Crippen molar-refractivity contribution in [1.82, 2.24) is 10.2 Å². The van der Waals surface area contributed by atoms with Gasteiger partial charge in [0.2, 0.25) is 0 Å². The molecule has 1 aromatic carbocycles. The average Bonchev–Trinajstić information content (AvgIpc) is 2.43. The molecule has 0 aliphatic carbocycles. The zero-order valence-electron chi connectivity index (χ0n) is 11.4. The Bertz CT molecular complexity index is 657. The van der Waals surface area contributed by atoms with Crippen LogP contribution in [0.25, 0.3) is 0 Å². The summed E-state index contributed by atoms with van der Waals surface area (Å²) in [5.41, 5.74) is 2.79. The van der Waals surface area contributed by atoms with E-state index >= 15 is 0 Å². The first-order valence-electron chi connectivity index (χ1n) is 6.25. The molecule has 20 heavy (non-hydrogen) atoms. The minimum atomic E-state index is -0.376. The molecule has 0 spiro atoms. The van der Waals surface area contributed by atoms with Gasteiger partial charge in [0.25, 0.3) is 5.56 Å². The van der Waals surface area contributed by atoms with Gasteiger partial charge in [0.1, 0.15) is 5.02 Å². The molecule has 0 atom stereocenters. The molecule has 0 saturated heterocycles. The van der Waals surface area contributed by atoms with Crippen molar-refractivity contribution in [3.63, 3.8) is 0 Å². The van der Waals surface area contributed by atoms with Gasteiger partial charge in [0.15, 0.2) is 0 Å². The molecule has 2 aromatic rings. The molecule has 0 fully saturated rings. The van der Waals surface area contributed by atoms with Crippen LogP contribution in [0.4, 0.5) is 5.69 Å². The number of hydrogen-bond donors (Lipinski definition) is 2. The Hall–Kier alpha value is -1.46. The first-order chi connectivity index (χ1) is 9.58. The number of aryl methyl sites for hydroxylation is 2. The van der Waals surface area contributed by atoms with Gasteiger partial charge in [-0.1, -0.05) is 17.7 Å². The summed E-state index contributed by atoms with van der Waals surface area (Å²) in [6, 6.07) is 6.43. The molecule has 2 N–H and O–H groups in total. The summed E-state index contributed by atoms with van der Waals surface area (Å²) in [5.74, 6) is 0.881. The van der Waals surface area contributed by atoms with Crippen LogP contribution < -0.4 is 10.9 Å². The lowest BCUT2D eigenvalue weighted by Crippen LogP contribution is -2.13. The summed E-state index contributed by atoms with van der Waals surface area (Å²) in [4.78, 5) is 12.5. The lowest BCUT2D eigenvalue weighted by Gasteiger charge is -2.08. The fourth-order valence-electron chi connectivity index (χ4n) is 1.67. The third-order valence-corrected chi connectivity index (χ3v) is 4.33. The molecule has 4 nitrogen and oxygen atoms in total. The largest absolute Gasteiger partial charge is 0.382 e. The zero-order valence-corrected chi connectivity index (χ0v) is 12.9. The summed E-state index contributed by atoms with van der Waals surface area (Å²) < 4.78 is 0. The van der Waals surface area contributed by atoms with Crippen LogP contribution in [0.15, 0.2) is 34.1 Å². The van der Waals surface area contributed by atoms with Crippen LogP contribution in [0.1, 0.15) is 11.1 Å². The first kappa shape index (κ1) is 14.9. The van der Waals surface area contributed by atoms with E-state index in [0.717, 1.165) is 5.75 Å². The molecule has 6 heteroatoms. The number of anilines is 1. The molecule has 0 saturated carbocycles. The molecule has 1 heterocycles. The van der Waals surface area contributed by atoms with E-state index in [9.17, 15) is 4.79 Å². The summed E-state index contributed by atoms with van der Waals surface area (Å²) in [7, 11) is 0. The van der Waals surface area contributed by atoms with Crippen molar-refractivity contribution in [2.75, 3.05) is 17.6 Å². The van der Waals surface area contributed by atoms with E-state index in [4.69, 9.17) is 11.6 Å². The third kappa shape index (κ3) is 3.77. The van der Waals surface area contributed by atoms with E-state index in [2.05, 4.69) is 47.6 Å². The Morgan fingerprint density at radius 1 is 1.35 bits per heavy atom. The minimum absolute atomic E-state index is 0.149. The van der Waals surface area contributed by atoms with Crippen molar-refractivity contribution < 1.29 is 0 Å². The van der Waals surface area contributed by atoms with Crippen molar-refractivity contribution in [1.29, 1.82) is 0 Å². The summed E-state index contributed by atoms with van der Waals surface area (Å²) in [6.45, 7) is 4.93. The quantitative estimate of drug-likeness (QED) is 0.657. The van der Waals surface area contributed by atoms with Crippen molar-refractivity contribution in [3.05, 3.63) is 50.9 Å². The summed E-state index contributed by atoms with van der Waals surface area (Å²) >= 11 is 7.63. The van der Waals surface area contributed by atoms with E-state index in [0.29, 0.717) is 12.2 Å². The fraction of sp³-hybridized carbons (Fsp3) is 0.286. The number of aromatic amines is 1. The number of nitrogens with one attached hydrogen (secondary N) is 2. The van der Waals surface area contributed by atoms with E-state index in [1.807, 2.05) is 0 Å². The number of rotatable bonds is 5. The Kier molecular flexibility index (Phi) is 5.09. The van der Waals surface area contributed by atoms with Crippen molar-refractivity contribution >= 4 is 29.1 Å². The van der Waals surface area contributed by atoms with Gasteiger partial charge < -0.3 is 5.32 Å². The lowest BCUT2D eigenvalue weighted by molar-refractivity contribution is 0.985. The Balaban J connectivity index is 1.86. The van der Waals surface area contributed by atoms with Gasteiger partial charge >= 0.3 is 0 Å². The molecule has 0 amide bonds. The average molecular weight is 310 g/mol. The molecule has 0 unspecified atom stereocenters. The van der Waals surface area contributed by atoms with Crippen molar-refractivity contribution in [3.8, 4) is 0 Å². The van der Waals surface area contributed by atoms with Gasteiger partial charge in [-0.25, -0.2) is 5.10 Å². The number of aromatic nitrogens is 2. The molecular weight excluding hydrogens is 294 g/mol. The van der Waals surface area contributed by atoms with E-state index < -0.39 is 0 Å². The highest BCUT2D eigenvalue weighted by molar-refractivity contribution is 7.99. The smallest absolute Gasteiger partial charge is 0.285 e. The molecule has 0 radical (unpaired) electrons. The number of H-pyrrole nitrogens is 1. The molecular formula is C14H16ClN3OS. The van der Waals surface area contributed by atoms with Gasteiger partial charge in [0.05, 0.1) is 11.9 Å². The van der Waals surface area contributed by atoms with Crippen LogP contribution in [0, 0.1) is 13.8 Å². The number of benzene rings is 1. The van der Waals surface area contributed by atoms with E-state index in [1.165, 1.54) is 22.2 Å². The second-order valence-electron chi connectivity index (χ2n) is 4.45. The Morgan fingerprint density at radius 2 is 2.15 bits per heavy atom. The maximum atomic E-state index is 11.3. The second-order valence-corrected chi connectivity index (χ2v) is 5.99. The fourth-order valence-corrected chi connectivity index (χ4v) is 2.69. The van der Waals surface area contributed by atoms with Gasteiger partial charge in [-0.2, -0.15) is 5.10 Å². The molecule has 2 rings (SSSR count). The lowest BCUT2D eigenvalue weighted by atomic mass is 10.1. The molecule has 0 aliphatic rings. The van der Waals surface area contributed by atoms with E-state index in [-0.39, 0.29) is 10.6 Å².